The summed E-state index contributed by atoms with van der Waals surface area (Å²) in [5.41, 5.74) is 1.94. The molecule has 0 bridgehead atoms. The molecular formula is C12H15N3O2. The summed E-state index contributed by atoms with van der Waals surface area (Å²) in [7, 11) is 3.49. The predicted molar refractivity (Wildman–Crippen MR) is 64.7 cm³/mol. The van der Waals surface area contributed by atoms with E-state index in [9.17, 15) is 0 Å². The first-order valence-corrected chi connectivity index (χ1v) is 5.39. The fourth-order valence-electron chi connectivity index (χ4n) is 1.40. The van der Waals surface area contributed by atoms with E-state index in [2.05, 4.69) is 15.5 Å². The number of nitrogens with zero attached hydrogens (tertiary/aromatic N) is 2. The number of aromatic nitrogens is 2. The van der Waals surface area contributed by atoms with Crippen molar-refractivity contribution < 1.29 is 9.26 Å². The molecule has 17 heavy (non-hydrogen) atoms. The summed E-state index contributed by atoms with van der Waals surface area (Å²) in [6.07, 6.45) is -0.163. The second kappa shape index (κ2) is 4.97. The molecule has 0 saturated heterocycles. The summed E-state index contributed by atoms with van der Waals surface area (Å²) in [6.45, 7) is 1.87. The molecule has 0 saturated carbocycles. The van der Waals surface area contributed by atoms with Crippen LogP contribution in [0.15, 0.2) is 28.8 Å². The van der Waals surface area contributed by atoms with Gasteiger partial charge < -0.3 is 14.6 Å². The first-order chi connectivity index (χ1) is 8.24. The highest BCUT2D eigenvalue weighted by molar-refractivity contribution is 5.58. The van der Waals surface area contributed by atoms with E-state index < -0.39 is 0 Å². The van der Waals surface area contributed by atoms with Crippen molar-refractivity contribution in [3.8, 4) is 11.5 Å². The maximum absolute atomic E-state index is 5.19. The van der Waals surface area contributed by atoms with Gasteiger partial charge in [0.2, 0.25) is 5.82 Å². The minimum atomic E-state index is -0.163. The molecule has 1 unspecified atom stereocenters. The molecule has 2 rings (SSSR count). The number of nitrogens with one attached hydrogen (secondary N) is 1. The second-order valence-electron chi connectivity index (χ2n) is 3.66. The molecule has 1 aromatic carbocycles. The highest BCUT2D eigenvalue weighted by atomic mass is 16.5. The average Bonchev–Trinajstić information content (AvgIpc) is 2.87. The lowest BCUT2D eigenvalue weighted by atomic mass is 10.2. The first kappa shape index (κ1) is 11.6. The topological polar surface area (TPSA) is 60.2 Å². The number of ether oxygens (including phenoxy) is 1. The average molecular weight is 233 g/mol. The van der Waals surface area contributed by atoms with E-state index in [0.29, 0.717) is 11.7 Å². The van der Waals surface area contributed by atoms with Gasteiger partial charge in [-0.2, -0.15) is 4.98 Å². The lowest BCUT2D eigenvalue weighted by Crippen LogP contribution is -1.97. The van der Waals surface area contributed by atoms with Gasteiger partial charge in [0, 0.05) is 25.4 Å². The van der Waals surface area contributed by atoms with Gasteiger partial charge in [0.25, 0.3) is 5.89 Å². The number of hydrogen-bond donors (Lipinski definition) is 1. The summed E-state index contributed by atoms with van der Waals surface area (Å²) in [4.78, 5) is 4.28. The Bertz CT molecular complexity index is 479. The molecule has 5 nitrogen and oxygen atoms in total. The number of anilines is 1. The lowest BCUT2D eigenvalue weighted by molar-refractivity contribution is 0.109. The summed E-state index contributed by atoms with van der Waals surface area (Å²) < 4.78 is 10.3. The highest BCUT2D eigenvalue weighted by Gasteiger charge is 2.13. The van der Waals surface area contributed by atoms with Gasteiger partial charge in [-0.05, 0) is 31.2 Å². The molecule has 0 aliphatic carbocycles. The van der Waals surface area contributed by atoms with Crippen molar-refractivity contribution in [2.45, 2.75) is 13.0 Å². The number of hydrogen-bond acceptors (Lipinski definition) is 5. The van der Waals surface area contributed by atoms with E-state index in [1.54, 1.807) is 7.11 Å². The lowest BCUT2D eigenvalue weighted by Gasteiger charge is -2.01. The van der Waals surface area contributed by atoms with Gasteiger partial charge in [-0.3, -0.25) is 0 Å². The third-order valence-corrected chi connectivity index (χ3v) is 2.58. The van der Waals surface area contributed by atoms with Crippen molar-refractivity contribution in [1.29, 1.82) is 0 Å². The minimum absolute atomic E-state index is 0.163. The van der Waals surface area contributed by atoms with Crippen LogP contribution in [0.25, 0.3) is 11.5 Å². The Hall–Kier alpha value is -1.88. The Morgan fingerprint density at radius 2 is 2.00 bits per heavy atom. The molecule has 1 aromatic heterocycles. The normalized spacial score (nSPS) is 12.4. The molecule has 2 aromatic rings. The van der Waals surface area contributed by atoms with Crippen molar-refractivity contribution >= 4 is 5.69 Å². The summed E-state index contributed by atoms with van der Waals surface area (Å²) >= 11 is 0. The maximum Gasteiger partial charge on any atom is 0.258 e. The van der Waals surface area contributed by atoms with Crippen LogP contribution in [0.5, 0.6) is 0 Å². The van der Waals surface area contributed by atoms with Crippen LogP contribution in [0, 0.1) is 0 Å². The Morgan fingerprint density at radius 1 is 1.29 bits per heavy atom. The predicted octanol–water partition coefficient (Wildman–Crippen LogP) is 2.49. The van der Waals surface area contributed by atoms with Gasteiger partial charge in [0.15, 0.2) is 0 Å². The molecule has 0 aliphatic heterocycles. The van der Waals surface area contributed by atoms with Crippen molar-refractivity contribution in [2.24, 2.45) is 0 Å². The molecule has 1 heterocycles. The molecule has 0 radical (unpaired) electrons. The quantitative estimate of drug-likeness (QED) is 0.879. The Labute approximate surface area is 99.8 Å². The maximum atomic E-state index is 5.19. The Kier molecular flexibility index (Phi) is 3.39. The monoisotopic (exact) mass is 233 g/mol. The van der Waals surface area contributed by atoms with Gasteiger partial charge >= 0.3 is 0 Å². The summed E-state index contributed by atoms with van der Waals surface area (Å²) in [5, 5.41) is 6.93. The Morgan fingerprint density at radius 3 is 2.59 bits per heavy atom. The SMILES string of the molecule is CNc1ccc(-c2nc(C(C)OC)no2)cc1. The zero-order chi connectivity index (χ0) is 12.3. The van der Waals surface area contributed by atoms with Crippen molar-refractivity contribution in [3.63, 3.8) is 0 Å². The van der Waals surface area contributed by atoms with E-state index in [1.807, 2.05) is 38.2 Å². The summed E-state index contributed by atoms with van der Waals surface area (Å²) in [5.74, 6) is 1.06. The number of benzene rings is 1. The van der Waals surface area contributed by atoms with Gasteiger partial charge in [-0.15, -0.1) is 0 Å². The molecule has 0 amide bonds. The van der Waals surface area contributed by atoms with Crippen molar-refractivity contribution in [1.82, 2.24) is 10.1 Å². The van der Waals surface area contributed by atoms with Crippen LogP contribution in [0.2, 0.25) is 0 Å². The molecule has 5 heteroatoms. The smallest absolute Gasteiger partial charge is 0.258 e. The van der Waals surface area contributed by atoms with Gasteiger partial charge in [0.1, 0.15) is 6.10 Å². The molecule has 0 spiro atoms. The summed E-state index contributed by atoms with van der Waals surface area (Å²) in [6, 6.07) is 7.78. The molecule has 1 atom stereocenters. The zero-order valence-electron chi connectivity index (χ0n) is 10.1. The Balaban J connectivity index is 2.24. The van der Waals surface area contributed by atoms with Gasteiger partial charge in [-0.25, -0.2) is 0 Å². The molecule has 0 aliphatic rings. The van der Waals surface area contributed by atoms with Crippen molar-refractivity contribution in [2.75, 3.05) is 19.5 Å². The van der Waals surface area contributed by atoms with E-state index in [0.717, 1.165) is 11.3 Å². The van der Waals surface area contributed by atoms with Crippen LogP contribution in [0.4, 0.5) is 5.69 Å². The van der Waals surface area contributed by atoms with Crippen LogP contribution in [0.3, 0.4) is 0 Å². The van der Waals surface area contributed by atoms with E-state index in [4.69, 9.17) is 9.26 Å². The molecule has 0 fully saturated rings. The first-order valence-electron chi connectivity index (χ1n) is 5.39. The minimum Gasteiger partial charge on any atom is -0.388 e. The van der Waals surface area contributed by atoms with Crippen molar-refractivity contribution in [3.05, 3.63) is 30.1 Å². The van der Waals surface area contributed by atoms with Crippen LogP contribution in [-0.4, -0.2) is 24.3 Å². The number of rotatable bonds is 4. The molecule has 90 valence electrons. The zero-order valence-corrected chi connectivity index (χ0v) is 10.1. The van der Waals surface area contributed by atoms with Gasteiger partial charge in [-0.1, -0.05) is 5.16 Å². The van der Waals surface area contributed by atoms with E-state index in [1.165, 1.54) is 0 Å². The molecular weight excluding hydrogens is 218 g/mol. The fraction of sp³-hybridized carbons (Fsp3) is 0.333. The third-order valence-electron chi connectivity index (χ3n) is 2.58. The number of methoxy groups -OCH3 is 1. The largest absolute Gasteiger partial charge is 0.388 e. The van der Waals surface area contributed by atoms with E-state index in [-0.39, 0.29) is 6.10 Å². The van der Waals surface area contributed by atoms with Crippen LogP contribution >= 0.6 is 0 Å². The highest BCUT2D eigenvalue weighted by Crippen LogP contribution is 2.21. The van der Waals surface area contributed by atoms with Gasteiger partial charge in [0.05, 0.1) is 0 Å². The standard InChI is InChI=1S/C12H15N3O2/c1-8(16-3)11-14-12(17-15-11)9-4-6-10(13-2)7-5-9/h4-8,13H,1-3H3. The molecule has 1 N–H and O–H groups in total. The van der Waals surface area contributed by atoms with E-state index >= 15 is 0 Å². The van der Waals surface area contributed by atoms with Crippen LogP contribution in [-0.2, 0) is 4.74 Å². The van der Waals surface area contributed by atoms with Crippen LogP contribution < -0.4 is 5.32 Å². The third kappa shape index (κ3) is 2.45. The van der Waals surface area contributed by atoms with Crippen LogP contribution in [0.1, 0.15) is 18.9 Å². The second-order valence-corrected chi connectivity index (χ2v) is 3.66. The fourth-order valence-corrected chi connectivity index (χ4v) is 1.40.